The molecule has 1 saturated heterocycles. The van der Waals surface area contributed by atoms with Crippen molar-refractivity contribution in [2.75, 3.05) is 51.4 Å². The average Bonchev–Trinajstić information content (AvgIpc) is 3.40. The second-order valence-corrected chi connectivity index (χ2v) is 11.1. The highest BCUT2D eigenvalue weighted by Crippen LogP contribution is 2.34. The molecule has 2 aliphatic rings. The smallest absolute Gasteiger partial charge is 0.142 e. The Morgan fingerprint density at radius 2 is 1.88 bits per heavy atom. The summed E-state index contributed by atoms with van der Waals surface area (Å²) < 4.78 is 26.1. The Morgan fingerprint density at radius 1 is 1.00 bits per heavy atom. The van der Waals surface area contributed by atoms with Gasteiger partial charge in [-0.2, -0.15) is 0 Å². The highest BCUT2D eigenvalue weighted by molar-refractivity contribution is 5.86. The third-order valence-corrected chi connectivity index (χ3v) is 8.34. The van der Waals surface area contributed by atoms with Gasteiger partial charge < -0.3 is 33.7 Å². The first-order valence-corrected chi connectivity index (χ1v) is 14.8. The van der Waals surface area contributed by atoms with E-state index in [1.807, 2.05) is 6.07 Å². The first-order valence-electron chi connectivity index (χ1n) is 14.8. The Balaban J connectivity index is 1.08. The second kappa shape index (κ2) is 13.0. The molecule has 0 aliphatic carbocycles. The summed E-state index contributed by atoms with van der Waals surface area (Å²) in [6.07, 6.45) is 4.25. The van der Waals surface area contributed by atoms with Crippen LogP contribution in [0.5, 0.6) is 11.5 Å². The maximum atomic E-state index is 6.57. The van der Waals surface area contributed by atoms with Gasteiger partial charge >= 0.3 is 0 Å². The van der Waals surface area contributed by atoms with Crippen molar-refractivity contribution in [1.82, 2.24) is 9.88 Å². The minimum Gasteiger partial charge on any atom is -0.490 e. The van der Waals surface area contributed by atoms with Crippen LogP contribution >= 0.6 is 0 Å². The number of rotatable bonds is 11. The molecular formula is C34H41N3O4. The van der Waals surface area contributed by atoms with Gasteiger partial charge in [0.1, 0.15) is 24.7 Å². The predicted octanol–water partition coefficient (Wildman–Crippen LogP) is 5.65. The number of ether oxygens (including phenoxy) is 4. The van der Waals surface area contributed by atoms with E-state index < -0.39 is 0 Å². The van der Waals surface area contributed by atoms with E-state index in [1.165, 1.54) is 22.2 Å². The van der Waals surface area contributed by atoms with Gasteiger partial charge in [-0.1, -0.05) is 36.4 Å². The molecule has 7 heteroatoms. The lowest BCUT2D eigenvalue weighted by Gasteiger charge is -2.33. The number of aryl methyl sites for hydroxylation is 1. The van der Waals surface area contributed by atoms with Crippen LogP contribution < -0.4 is 19.7 Å². The van der Waals surface area contributed by atoms with Crippen LogP contribution in [0.1, 0.15) is 35.4 Å². The third kappa shape index (κ3) is 6.38. The monoisotopic (exact) mass is 555 g/mol. The minimum atomic E-state index is 0.117. The Hall–Kier alpha value is -3.52. The predicted molar refractivity (Wildman–Crippen MR) is 163 cm³/mol. The Labute approximate surface area is 243 Å². The number of methoxy groups -OCH3 is 1. The van der Waals surface area contributed by atoms with Crippen LogP contribution in [0, 0.1) is 0 Å². The summed E-state index contributed by atoms with van der Waals surface area (Å²) in [7, 11) is 3.82. The van der Waals surface area contributed by atoms with E-state index in [2.05, 4.69) is 88.7 Å². The van der Waals surface area contributed by atoms with Crippen LogP contribution in [-0.2, 0) is 29.7 Å². The SMILES string of the molecule is COCCCN1CCOc2ccc(CO[C@H]3CNCC[C@@H]3c3ccc(COc4cccc5c4ccn5C)cc3)cc21. The van der Waals surface area contributed by atoms with Crippen LogP contribution in [0.25, 0.3) is 10.9 Å². The molecule has 0 spiro atoms. The number of benzene rings is 3. The molecule has 3 heterocycles. The number of piperidine rings is 1. The fourth-order valence-electron chi connectivity index (χ4n) is 6.05. The zero-order chi connectivity index (χ0) is 28.0. The maximum absolute atomic E-state index is 6.57. The largest absolute Gasteiger partial charge is 0.490 e. The molecule has 1 aromatic heterocycles. The maximum Gasteiger partial charge on any atom is 0.142 e. The molecule has 7 nitrogen and oxygen atoms in total. The molecular weight excluding hydrogens is 514 g/mol. The number of fused-ring (bicyclic) bond motifs is 2. The third-order valence-electron chi connectivity index (χ3n) is 8.34. The molecule has 6 rings (SSSR count). The summed E-state index contributed by atoms with van der Waals surface area (Å²) in [5, 5.41) is 4.68. The molecule has 0 amide bonds. The molecule has 2 aliphatic heterocycles. The van der Waals surface area contributed by atoms with Crippen molar-refractivity contribution in [2.45, 2.75) is 38.1 Å². The van der Waals surface area contributed by atoms with Crippen LogP contribution in [-0.4, -0.2) is 57.2 Å². The van der Waals surface area contributed by atoms with Crippen molar-refractivity contribution >= 4 is 16.6 Å². The molecule has 0 saturated carbocycles. The van der Waals surface area contributed by atoms with Gasteiger partial charge in [-0.15, -0.1) is 0 Å². The van der Waals surface area contributed by atoms with E-state index in [1.54, 1.807) is 7.11 Å². The van der Waals surface area contributed by atoms with Gasteiger partial charge in [0.25, 0.3) is 0 Å². The van der Waals surface area contributed by atoms with E-state index >= 15 is 0 Å². The Bertz CT molecular complexity index is 1430. The number of hydrogen-bond donors (Lipinski definition) is 1. The van der Waals surface area contributed by atoms with Crippen LogP contribution in [0.15, 0.2) is 72.9 Å². The summed E-state index contributed by atoms with van der Waals surface area (Å²) in [5.74, 6) is 2.24. The molecule has 0 radical (unpaired) electrons. The van der Waals surface area contributed by atoms with Crippen LogP contribution in [0.3, 0.4) is 0 Å². The molecule has 41 heavy (non-hydrogen) atoms. The molecule has 4 aromatic rings. The molecule has 216 valence electrons. The van der Waals surface area contributed by atoms with Gasteiger partial charge in [-0.05, 0) is 66.4 Å². The quantitative estimate of drug-likeness (QED) is 0.241. The highest BCUT2D eigenvalue weighted by atomic mass is 16.5. The Morgan fingerprint density at radius 3 is 2.76 bits per heavy atom. The van der Waals surface area contributed by atoms with Crippen molar-refractivity contribution in [3.8, 4) is 11.5 Å². The van der Waals surface area contributed by atoms with Crippen molar-refractivity contribution in [1.29, 1.82) is 0 Å². The number of nitrogens with zero attached hydrogens (tertiary/aromatic N) is 2. The second-order valence-electron chi connectivity index (χ2n) is 11.1. The number of aromatic nitrogens is 1. The molecule has 2 atom stereocenters. The van der Waals surface area contributed by atoms with Crippen molar-refractivity contribution in [2.24, 2.45) is 7.05 Å². The molecule has 1 fully saturated rings. The molecule has 0 unspecified atom stereocenters. The molecule has 1 N–H and O–H groups in total. The van der Waals surface area contributed by atoms with Gasteiger partial charge in [-0.3, -0.25) is 0 Å². The zero-order valence-corrected chi connectivity index (χ0v) is 24.2. The number of hydrogen-bond acceptors (Lipinski definition) is 6. The van der Waals surface area contributed by atoms with E-state index in [-0.39, 0.29) is 6.10 Å². The summed E-state index contributed by atoms with van der Waals surface area (Å²) in [4.78, 5) is 2.40. The summed E-state index contributed by atoms with van der Waals surface area (Å²) in [6.45, 7) is 6.34. The fourth-order valence-corrected chi connectivity index (χ4v) is 6.05. The minimum absolute atomic E-state index is 0.117. The first-order chi connectivity index (χ1) is 20.2. The average molecular weight is 556 g/mol. The lowest BCUT2D eigenvalue weighted by atomic mass is 9.87. The van der Waals surface area contributed by atoms with E-state index in [0.717, 1.165) is 74.8 Å². The summed E-state index contributed by atoms with van der Waals surface area (Å²) >= 11 is 0. The van der Waals surface area contributed by atoms with Gasteiger partial charge in [0.15, 0.2) is 0 Å². The highest BCUT2D eigenvalue weighted by Gasteiger charge is 2.27. The van der Waals surface area contributed by atoms with Crippen LogP contribution in [0.2, 0.25) is 0 Å². The lowest BCUT2D eigenvalue weighted by molar-refractivity contribution is 0.0106. The summed E-state index contributed by atoms with van der Waals surface area (Å²) in [6, 6.07) is 23.7. The van der Waals surface area contributed by atoms with Crippen LogP contribution in [0.4, 0.5) is 5.69 Å². The Kier molecular flexibility index (Phi) is 8.75. The topological polar surface area (TPSA) is 57.1 Å². The molecule has 3 aromatic carbocycles. The van der Waals surface area contributed by atoms with Gasteiger partial charge in [0, 0.05) is 51.4 Å². The van der Waals surface area contributed by atoms with Crippen molar-refractivity contribution in [3.63, 3.8) is 0 Å². The van der Waals surface area contributed by atoms with Gasteiger partial charge in [-0.25, -0.2) is 0 Å². The normalized spacial score (nSPS) is 18.7. The van der Waals surface area contributed by atoms with Gasteiger partial charge in [0.2, 0.25) is 0 Å². The van der Waals surface area contributed by atoms with Gasteiger partial charge in [0.05, 0.1) is 30.5 Å². The summed E-state index contributed by atoms with van der Waals surface area (Å²) in [5.41, 5.74) is 6.01. The van der Waals surface area contributed by atoms with E-state index in [0.29, 0.717) is 19.1 Å². The number of nitrogens with one attached hydrogen (secondary N) is 1. The standard InChI is InChI=1S/C34H41N3O4/c1-36-17-14-29-30(36)5-3-6-32(29)40-23-25-7-10-27(11-8-25)28-13-15-35-22-34(28)41-24-26-9-12-33-31(21-26)37(18-20-39-33)16-4-19-38-2/h3,5-12,14,17,21,28,34-35H,4,13,15-16,18-20,22-24H2,1-2H3/t28-,34+/m1/s1. The first kappa shape index (κ1) is 27.6. The lowest BCUT2D eigenvalue weighted by Crippen LogP contribution is -2.41. The van der Waals surface area contributed by atoms with E-state index in [9.17, 15) is 0 Å². The number of anilines is 1. The van der Waals surface area contributed by atoms with E-state index in [4.69, 9.17) is 18.9 Å². The zero-order valence-electron chi connectivity index (χ0n) is 24.2. The van der Waals surface area contributed by atoms with Crippen molar-refractivity contribution in [3.05, 3.63) is 89.6 Å². The molecule has 0 bridgehead atoms. The fraction of sp³-hybridized carbons (Fsp3) is 0.412. The van der Waals surface area contributed by atoms with Crippen molar-refractivity contribution < 1.29 is 18.9 Å².